The van der Waals surface area contributed by atoms with E-state index in [-0.39, 0.29) is 52.8 Å². The summed E-state index contributed by atoms with van der Waals surface area (Å²) in [5, 5.41) is 0. The predicted molar refractivity (Wildman–Crippen MR) is 119 cm³/mol. The smallest absolute Gasteiger partial charge is 0.264 e. The highest BCUT2D eigenvalue weighted by molar-refractivity contribution is 7.92. The quantitative estimate of drug-likeness (QED) is 0.607. The number of carbonyl (C=O) groups excluding carboxylic acids is 1. The molecule has 1 fully saturated rings. The number of halogens is 2. The minimum Gasteiger partial charge on any atom is -0.489 e. The van der Waals surface area contributed by atoms with Crippen molar-refractivity contribution < 1.29 is 31.5 Å². The van der Waals surface area contributed by atoms with Gasteiger partial charge in [0.15, 0.2) is 5.78 Å². The summed E-state index contributed by atoms with van der Waals surface area (Å²) in [5.74, 6) is -1.53. The second-order valence-electron chi connectivity index (χ2n) is 8.92. The van der Waals surface area contributed by atoms with Crippen molar-refractivity contribution in [3.05, 3.63) is 53.6 Å². The lowest BCUT2D eigenvalue weighted by molar-refractivity contribution is 0.0119. The van der Waals surface area contributed by atoms with Crippen LogP contribution in [0.15, 0.2) is 41.3 Å². The Morgan fingerprint density at radius 3 is 2.48 bits per heavy atom. The topological polar surface area (TPSA) is 72.9 Å². The molecule has 4 rings (SSSR count). The number of benzene rings is 2. The zero-order valence-corrected chi connectivity index (χ0v) is 19.4. The molecule has 2 aliphatic rings. The highest BCUT2D eigenvalue weighted by Crippen LogP contribution is 2.36. The summed E-state index contributed by atoms with van der Waals surface area (Å²) >= 11 is 0. The van der Waals surface area contributed by atoms with E-state index in [4.69, 9.17) is 9.47 Å². The van der Waals surface area contributed by atoms with Gasteiger partial charge in [-0.15, -0.1) is 0 Å². The van der Waals surface area contributed by atoms with Crippen LogP contribution < -0.4 is 9.04 Å². The van der Waals surface area contributed by atoms with Crippen LogP contribution in [0.1, 0.15) is 43.5 Å². The molecule has 1 atom stereocenters. The molecule has 2 aromatic carbocycles. The van der Waals surface area contributed by atoms with Crippen LogP contribution in [0.5, 0.6) is 5.75 Å². The summed E-state index contributed by atoms with van der Waals surface area (Å²) in [6.07, 6.45) is 1.53. The maximum Gasteiger partial charge on any atom is 0.264 e. The predicted octanol–water partition coefficient (Wildman–Crippen LogP) is 4.58. The van der Waals surface area contributed by atoms with Gasteiger partial charge in [-0.05, 0) is 49.1 Å². The summed E-state index contributed by atoms with van der Waals surface area (Å²) in [7, 11) is -4.23. The van der Waals surface area contributed by atoms with E-state index in [1.165, 1.54) is 18.2 Å². The SMILES string of the molecule is CC(C)CN(c1ccc(F)cc1F)S(=O)(=O)c1ccc2c(c1)C(=O)CC(C1CCOCC1)O2. The zero-order chi connectivity index (χ0) is 23.8. The number of anilines is 1. The minimum atomic E-state index is -4.23. The molecule has 0 spiro atoms. The van der Waals surface area contributed by atoms with Gasteiger partial charge in [-0.1, -0.05) is 13.8 Å². The van der Waals surface area contributed by atoms with Gasteiger partial charge in [-0.25, -0.2) is 17.2 Å². The molecule has 33 heavy (non-hydrogen) atoms. The van der Waals surface area contributed by atoms with E-state index in [0.29, 0.717) is 25.0 Å². The van der Waals surface area contributed by atoms with Gasteiger partial charge in [-0.2, -0.15) is 0 Å². The number of hydrogen-bond acceptors (Lipinski definition) is 5. The summed E-state index contributed by atoms with van der Waals surface area (Å²) in [6, 6.07) is 6.92. The van der Waals surface area contributed by atoms with Crippen molar-refractivity contribution in [3.63, 3.8) is 0 Å². The molecular weight excluding hydrogens is 452 g/mol. The van der Waals surface area contributed by atoms with Crippen molar-refractivity contribution in [1.29, 1.82) is 0 Å². The molecular formula is C24H27F2NO5S. The third kappa shape index (κ3) is 4.89. The van der Waals surface area contributed by atoms with E-state index >= 15 is 0 Å². The van der Waals surface area contributed by atoms with Crippen LogP contribution in [0.25, 0.3) is 0 Å². The van der Waals surface area contributed by atoms with Crippen molar-refractivity contribution >= 4 is 21.5 Å². The molecule has 6 nitrogen and oxygen atoms in total. The minimum absolute atomic E-state index is 0.0156. The van der Waals surface area contributed by atoms with Gasteiger partial charge in [0.05, 0.1) is 16.1 Å². The highest BCUT2D eigenvalue weighted by Gasteiger charge is 2.35. The molecule has 1 unspecified atom stereocenters. The van der Waals surface area contributed by atoms with E-state index in [2.05, 4.69) is 0 Å². The lowest BCUT2D eigenvalue weighted by atomic mass is 9.87. The van der Waals surface area contributed by atoms with Crippen molar-refractivity contribution in [1.82, 2.24) is 0 Å². The maximum absolute atomic E-state index is 14.5. The lowest BCUT2D eigenvalue weighted by Crippen LogP contribution is -2.37. The number of rotatable bonds is 6. The van der Waals surface area contributed by atoms with Crippen molar-refractivity contribution in [2.45, 2.75) is 44.1 Å². The zero-order valence-electron chi connectivity index (χ0n) is 18.6. The molecule has 2 aromatic rings. The number of ether oxygens (including phenoxy) is 2. The Morgan fingerprint density at radius 2 is 1.82 bits per heavy atom. The number of nitrogens with zero attached hydrogens (tertiary/aromatic N) is 1. The number of ketones is 1. The van der Waals surface area contributed by atoms with Crippen LogP contribution in [-0.2, 0) is 14.8 Å². The van der Waals surface area contributed by atoms with Gasteiger partial charge in [0, 0.05) is 38.2 Å². The van der Waals surface area contributed by atoms with Crippen LogP contribution in [0.4, 0.5) is 14.5 Å². The third-order valence-corrected chi connectivity index (χ3v) is 7.78. The van der Waals surface area contributed by atoms with E-state index in [1.54, 1.807) is 13.8 Å². The van der Waals surface area contributed by atoms with Gasteiger partial charge >= 0.3 is 0 Å². The largest absolute Gasteiger partial charge is 0.489 e. The van der Waals surface area contributed by atoms with Gasteiger partial charge in [0.2, 0.25) is 0 Å². The average molecular weight is 480 g/mol. The first-order valence-electron chi connectivity index (χ1n) is 11.1. The number of hydrogen-bond donors (Lipinski definition) is 0. The van der Waals surface area contributed by atoms with E-state index < -0.39 is 21.7 Å². The Balaban J connectivity index is 1.67. The second kappa shape index (κ2) is 9.38. The van der Waals surface area contributed by atoms with Crippen molar-refractivity contribution in [2.24, 2.45) is 11.8 Å². The van der Waals surface area contributed by atoms with Gasteiger partial charge in [-0.3, -0.25) is 9.10 Å². The highest BCUT2D eigenvalue weighted by atomic mass is 32.2. The molecule has 9 heteroatoms. The molecule has 0 amide bonds. The lowest BCUT2D eigenvalue weighted by Gasteiger charge is -2.34. The van der Waals surface area contributed by atoms with Crippen molar-refractivity contribution in [2.75, 3.05) is 24.1 Å². The molecule has 2 heterocycles. The molecule has 0 radical (unpaired) electrons. The fourth-order valence-corrected chi connectivity index (χ4v) is 5.97. The molecule has 2 aliphatic heterocycles. The van der Waals surface area contributed by atoms with Gasteiger partial charge in [0.25, 0.3) is 10.0 Å². The van der Waals surface area contributed by atoms with Crippen LogP contribution in [0.2, 0.25) is 0 Å². The Kier molecular flexibility index (Phi) is 6.72. The first-order valence-corrected chi connectivity index (χ1v) is 12.5. The standard InChI is InChI=1S/C24H27F2NO5S/c1-15(2)14-27(21-5-3-17(25)11-20(21)26)33(29,30)18-4-6-23-19(12-18)22(28)13-24(32-23)16-7-9-31-10-8-16/h3-6,11-12,15-16,24H,7-10,13-14H2,1-2H3. The van der Waals surface area contributed by atoms with Gasteiger partial charge < -0.3 is 9.47 Å². The molecule has 0 N–H and O–H groups in total. The second-order valence-corrected chi connectivity index (χ2v) is 10.8. The Bertz CT molecular complexity index is 1150. The first kappa shape index (κ1) is 23.6. The molecule has 178 valence electrons. The summed E-state index contributed by atoms with van der Waals surface area (Å²) in [5.41, 5.74) is -0.0477. The first-order chi connectivity index (χ1) is 15.7. The Morgan fingerprint density at radius 1 is 1.09 bits per heavy atom. The van der Waals surface area contributed by atoms with Crippen LogP contribution in [-0.4, -0.2) is 40.1 Å². The average Bonchev–Trinajstić information content (AvgIpc) is 2.78. The molecule has 1 saturated heterocycles. The fourth-order valence-electron chi connectivity index (χ4n) is 4.31. The summed E-state index contributed by atoms with van der Waals surface area (Å²) in [6.45, 7) is 4.84. The van der Waals surface area contributed by atoms with Crippen LogP contribution >= 0.6 is 0 Å². The molecule has 0 aliphatic carbocycles. The van der Waals surface area contributed by atoms with E-state index in [0.717, 1.165) is 29.3 Å². The number of carbonyl (C=O) groups is 1. The van der Waals surface area contributed by atoms with E-state index in [9.17, 15) is 22.0 Å². The Labute approximate surface area is 192 Å². The number of Topliss-reactive ketones (excluding diaryl/α,β-unsaturated/α-hetero) is 1. The number of sulfonamides is 1. The fraction of sp³-hybridized carbons (Fsp3) is 0.458. The van der Waals surface area contributed by atoms with Crippen molar-refractivity contribution in [3.8, 4) is 5.75 Å². The van der Waals surface area contributed by atoms with E-state index in [1.807, 2.05) is 0 Å². The third-order valence-electron chi connectivity index (χ3n) is 6.01. The number of fused-ring (bicyclic) bond motifs is 1. The summed E-state index contributed by atoms with van der Waals surface area (Å²) in [4.78, 5) is 12.8. The molecule has 0 aromatic heterocycles. The summed E-state index contributed by atoms with van der Waals surface area (Å²) < 4.78 is 67.3. The maximum atomic E-state index is 14.5. The Hall–Kier alpha value is -2.52. The molecule has 0 saturated carbocycles. The normalized spacial score (nSPS) is 19.3. The van der Waals surface area contributed by atoms with Crippen LogP contribution in [0.3, 0.4) is 0 Å². The monoisotopic (exact) mass is 479 g/mol. The van der Waals surface area contributed by atoms with Crippen LogP contribution in [0, 0.1) is 23.5 Å². The van der Waals surface area contributed by atoms with Gasteiger partial charge in [0.1, 0.15) is 23.5 Å². The molecule has 0 bridgehead atoms.